The molecule has 0 aliphatic heterocycles. The van der Waals surface area contributed by atoms with Crippen LogP contribution in [0.15, 0.2) is 9.59 Å². The molecule has 0 saturated heterocycles. The number of hydrogen-bond acceptors (Lipinski definition) is 5. The highest BCUT2D eigenvalue weighted by atomic mass is 16.3. The van der Waals surface area contributed by atoms with Crippen LogP contribution in [0.2, 0.25) is 0 Å². The first-order valence-electron chi connectivity index (χ1n) is 5.29. The van der Waals surface area contributed by atoms with Crippen LogP contribution in [0.5, 0.6) is 0 Å². The molecule has 1 heterocycles. The second-order valence-electron chi connectivity index (χ2n) is 3.83. The van der Waals surface area contributed by atoms with Crippen LogP contribution in [-0.4, -0.2) is 39.5 Å². The average Bonchev–Trinajstić information content (AvgIpc) is 2.14. The zero-order valence-electron chi connectivity index (χ0n) is 8.77. The molecule has 3 N–H and O–H groups in total. The molecule has 1 aliphatic rings. The number of anilines is 1. The average molecular weight is 226 g/mol. The predicted molar refractivity (Wildman–Crippen MR) is 57.5 cm³/mol. The fraction of sp³-hybridized carbons (Fsp3) is 0.667. The van der Waals surface area contributed by atoms with Crippen molar-refractivity contribution in [3.63, 3.8) is 0 Å². The van der Waals surface area contributed by atoms with E-state index >= 15 is 0 Å². The first kappa shape index (κ1) is 10.9. The predicted octanol–water partition coefficient (Wildman–Crippen LogP) is -1.19. The fourth-order valence-electron chi connectivity index (χ4n) is 1.80. The van der Waals surface area contributed by atoms with Crippen molar-refractivity contribution in [3.8, 4) is 0 Å². The van der Waals surface area contributed by atoms with Crippen LogP contribution < -0.4 is 16.1 Å². The highest BCUT2D eigenvalue weighted by molar-refractivity contribution is 5.36. The van der Waals surface area contributed by atoms with Crippen molar-refractivity contribution >= 4 is 5.82 Å². The molecule has 1 saturated carbocycles. The number of rotatable bonds is 4. The van der Waals surface area contributed by atoms with E-state index in [9.17, 15) is 9.59 Å². The zero-order chi connectivity index (χ0) is 11.5. The summed E-state index contributed by atoms with van der Waals surface area (Å²) in [5.41, 5.74) is -1.13. The van der Waals surface area contributed by atoms with Gasteiger partial charge >= 0.3 is 5.69 Å². The minimum atomic E-state index is -0.619. The number of H-pyrrole nitrogens is 2. The Morgan fingerprint density at radius 3 is 2.69 bits per heavy atom. The molecule has 0 atom stereocenters. The molecule has 2 rings (SSSR count). The third kappa shape index (κ3) is 1.99. The Hall–Kier alpha value is -1.63. The van der Waals surface area contributed by atoms with E-state index in [1.165, 1.54) is 0 Å². The second-order valence-corrected chi connectivity index (χ2v) is 3.83. The van der Waals surface area contributed by atoms with Crippen molar-refractivity contribution in [3.05, 3.63) is 20.8 Å². The van der Waals surface area contributed by atoms with Gasteiger partial charge in [-0.1, -0.05) is 0 Å². The van der Waals surface area contributed by atoms with E-state index < -0.39 is 11.2 Å². The molecular weight excluding hydrogens is 212 g/mol. The Labute approximate surface area is 91.1 Å². The highest BCUT2D eigenvalue weighted by Crippen LogP contribution is 2.26. The largest absolute Gasteiger partial charge is 0.395 e. The highest BCUT2D eigenvalue weighted by Gasteiger charge is 2.27. The van der Waals surface area contributed by atoms with Gasteiger partial charge in [0.1, 0.15) is 0 Å². The maximum absolute atomic E-state index is 11.5. The lowest BCUT2D eigenvalue weighted by Gasteiger charge is -2.37. The summed E-state index contributed by atoms with van der Waals surface area (Å²) in [6.07, 6.45) is 3.09. The van der Waals surface area contributed by atoms with E-state index in [0.717, 1.165) is 19.3 Å². The number of hydrogen-bond donors (Lipinski definition) is 3. The van der Waals surface area contributed by atoms with Crippen LogP contribution in [0, 0.1) is 0 Å². The number of nitrogens with zero attached hydrogens (tertiary/aromatic N) is 2. The molecule has 1 aromatic rings. The van der Waals surface area contributed by atoms with E-state index in [-0.39, 0.29) is 18.5 Å². The summed E-state index contributed by atoms with van der Waals surface area (Å²) in [7, 11) is 0. The molecule has 1 aliphatic carbocycles. The van der Waals surface area contributed by atoms with Crippen molar-refractivity contribution in [2.45, 2.75) is 25.3 Å². The third-order valence-electron chi connectivity index (χ3n) is 2.82. The van der Waals surface area contributed by atoms with E-state index in [1.807, 2.05) is 0 Å². The Bertz CT molecular complexity index is 462. The topological polar surface area (TPSA) is 102 Å². The van der Waals surface area contributed by atoms with E-state index in [1.54, 1.807) is 4.90 Å². The molecule has 88 valence electrons. The number of aliphatic hydroxyl groups excluding tert-OH is 1. The lowest BCUT2D eigenvalue weighted by Crippen LogP contribution is -2.46. The van der Waals surface area contributed by atoms with Gasteiger partial charge in [-0.25, -0.2) is 9.89 Å². The number of aliphatic hydroxyl groups is 1. The molecule has 7 heteroatoms. The molecule has 0 unspecified atom stereocenters. The second kappa shape index (κ2) is 4.48. The Morgan fingerprint density at radius 2 is 2.19 bits per heavy atom. The first-order chi connectivity index (χ1) is 7.72. The Kier molecular flexibility index (Phi) is 3.04. The van der Waals surface area contributed by atoms with Crippen LogP contribution >= 0.6 is 0 Å². The van der Waals surface area contributed by atoms with Gasteiger partial charge in [0.25, 0.3) is 5.56 Å². The standard InChI is InChI=1S/C9H14N4O3/c14-5-4-13(6-2-1-3-6)7-8(15)10-9(16)12-11-7/h6,14H,1-5H2,(H2,10,12,15,16). The lowest BCUT2D eigenvalue weighted by atomic mass is 9.91. The van der Waals surface area contributed by atoms with Crippen LogP contribution in [0.25, 0.3) is 0 Å². The van der Waals surface area contributed by atoms with E-state index in [0.29, 0.717) is 6.54 Å². The van der Waals surface area contributed by atoms with Crippen molar-refractivity contribution < 1.29 is 5.11 Å². The molecule has 1 fully saturated rings. The Morgan fingerprint density at radius 1 is 1.44 bits per heavy atom. The van der Waals surface area contributed by atoms with Gasteiger partial charge in [-0.05, 0) is 19.3 Å². The number of aromatic amines is 2. The number of aromatic nitrogens is 3. The smallest absolute Gasteiger partial charge is 0.342 e. The molecule has 0 amide bonds. The third-order valence-corrected chi connectivity index (χ3v) is 2.82. The van der Waals surface area contributed by atoms with Crippen molar-refractivity contribution in [1.82, 2.24) is 15.2 Å². The SMILES string of the molecule is O=c1[nH]nc(N(CCO)C2CCC2)c(=O)[nH]1. The first-order valence-corrected chi connectivity index (χ1v) is 5.29. The quantitative estimate of drug-likeness (QED) is 0.599. The monoisotopic (exact) mass is 226 g/mol. The van der Waals surface area contributed by atoms with Gasteiger partial charge in [0.2, 0.25) is 5.82 Å². The van der Waals surface area contributed by atoms with Crippen LogP contribution in [0.3, 0.4) is 0 Å². The summed E-state index contributed by atoms with van der Waals surface area (Å²) >= 11 is 0. The van der Waals surface area contributed by atoms with Crippen LogP contribution in [0.4, 0.5) is 5.82 Å². The van der Waals surface area contributed by atoms with Crippen LogP contribution in [0.1, 0.15) is 19.3 Å². The molecule has 0 bridgehead atoms. The van der Waals surface area contributed by atoms with Crippen molar-refractivity contribution in [2.75, 3.05) is 18.1 Å². The van der Waals surface area contributed by atoms with E-state index in [2.05, 4.69) is 15.2 Å². The number of nitrogens with one attached hydrogen (secondary N) is 2. The lowest BCUT2D eigenvalue weighted by molar-refractivity contribution is 0.282. The molecule has 16 heavy (non-hydrogen) atoms. The summed E-state index contributed by atoms with van der Waals surface area (Å²) in [4.78, 5) is 26.3. The van der Waals surface area contributed by atoms with Gasteiger partial charge in [-0.2, -0.15) is 0 Å². The van der Waals surface area contributed by atoms with Gasteiger partial charge in [-0.3, -0.25) is 9.78 Å². The molecule has 0 aromatic carbocycles. The summed E-state index contributed by atoms with van der Waals surface area (Å²) in [5, 5.41) is 14.9. The van der Waals surface area contributed by atoms with Gasteiger partial charge < -0.3 is 10.0 Å². The van der Waals surface area contributed by atoms with Crippen LogP contribution in [-0.2, 0) is 0 Å². The molecule has 1 aromatic heterocycles. The summed E-state index contributed by atoms with van der Waals surface area (Å²) in [6.45, 7) is 0.309. The maximum Gasteiger partial charge on any atom is 0.342 e. The molecule has 7 nitrogen and oxygen atoms in total. The molecule has 0 radical (unpaired) electrons. The van der Waals surface area contributed by atoms with E-state index in [4.69, 9.17) is 5.11 Å². The zero-order valence-corrected chi connectivity index (χ0v) is 8.77. The van der Waals surface area contributed by atoms with Crippen molar-refractivity contribution in [1.29, 1.82) is 0 Å². The molecular formula is C9H14N4O3. The summed E-state index contributed by atoms with van der Waals surface area (Å²) in [5.74, 6) is 0.179. The normalized spacial score (nSPS) is 15.8. The fourth-order valence-corrected chi connectivity index (χ4v) is 1.80. The molecule has 0 spiro atoms. The minimum Gasteiger partial charge on any atom is -0.395 e. The summed E-state index contributed by atoms with van der Waals surface area (Å²) < 4.78 is 0. The van der Waals surface area contributed by atoms with Gasteiger partial charge in [0.15, 0.2) is 0 Å². The van der Waals surface area contributed by atoms with Gasteiger partial charge in [0, 0.05) is 12.6 Å². The van der Waals surface area contributed by atoms with Gasteiger partial charge in [-0.15, -0.1) is 5.10 Å². The summed E-state index contributed by atoms with van der Waals surface area (Å²) in [6, 6.07) is 0.242. The van der Waals surface area contributed by atoms with Crippen molar-refractivity contribution in [2.24, 2.45) is 0 Å². The minimum absolute atomic E-state index is 0.0449. The Balaban J connectivity index is 2.30. The maximum atomic E-state index is 11.5. The van der Waals surface area contributed by atoms with Gasteiger partial charge in [0.05, 0.1) is 6.61 Å².